The lowest BCUT2D eigenvalue weighted by Gasteiger charge is -2.18. The first-order valence-corrected chi connectivity index (χ1v) is 7.44. The number of rotatable bonds is 5. The summed E-state index contributed by atoms with van der Waals surface area (Å²) in [4.78, 5) is 3.35. The minimum Gasteiger partial charge on any atom is -0.361 e. The van der Waals surface area contributed by atoms with E-state index in [2.05, 4.69) is 72.0 Å². The van der Waals surface area contributed by atoms with Gasteiger partial charge in [-0.3, -0.25) is 0 Å². The summed E-state index contributed by atoms with van der Waals surface area (Å²) in [6, 6.07) is 9.01. The van der Waals surface area contributed by atoms with Gasteiger partial charge in [-0.15, -0.1) is 0 Å². The van der Waals surface area contributed by atoms with Crippen molar-refractivity contribution in [2.24, 2.45) is 5.92 Å². The van der Waals surface area contributed by atoms with E-state index in [1.165, 1.54) is 16.5 Å². The Morgan fingerprint density at radius 2 is 2.20 bits per heavy atom. The molecule has 0 radical (unpaired) electrons. The Labute approximate surface area is 120 Å². The third-order valence-corrected chi connectivity index (χ3v) is 4.00. The van der Waals surface area contributed by atoms with Crippen molar-refractivity contribution in [1.29, 1.82) is 0 Å². The first-order valence-electron chi connectivity index (χ1n) is 7.44. The van der Waals surface area contributed by atoms with E-state index in [1.54, 1.807) is 0 Å². The average molecular weight is 266 g/mol. The van der Waals surface area contributed by atoms with Crippen molar-refractivity contribution in [2.75, 3.05) is 6.54 Å². The van der Waals surface area contributed by atoms with E-state index in [0.717, 1.165) is 19.4 Å². The summed E-state index contributed by atoms with van der Waals surface area (Å²) in [5.41, 5.74) is 2.63. The van der Waals surface area contributed by atoms with Crippen LogP contribution < -0.4 is 5.32 Å². The molecular weight excluding hydrogens is 244 g/mol. The Morgan fingerprint density at radius 1 is 1.30 bits per heavy atom. The van der Waals surface area contributed by atoms with Crippen LogP contribution in [0.15, 0.2) is 54.8 Å². The van der Waals surface area contributed by atoms with Gasteiger partial charge >= 0.3 is 0 Å². The summed E-state index contributed by atoms with van der Waals surface area (Å²) in [7, 11) is 0. The predicted octanol–water partition coefficient (Wildman–Crippen LogP) is 3.82. The third kappa shape index (κ3) is 3.02. The fourth-order valence-corrected chi connectivity index (χ4v) is 2.84. The van der Waals surface area contributed by atoms with Gasteiger partial charge in [-0.2, -0.15) is 0 Å². The molecule has 0 amide bonds. The van der Waals surface area contributed by atoms with Crippen LogP contribution in [-0.4, -0.2) is 17.6 Å². The van der Waals surface area contributed by atoms with Crippen molar-refractivity contribution in [2.45, 2.75) is 25.8 Å². The smallest absolute Gasteiger partial charge is 0.0456 e. The van der Waals surface area contributed by atoms with E-state index in [4.69, 9.17) is 0 Å². The molecule has 104 valence electrons. The Hall–Kier alpha value is -1.80. The molecular formula is C18H22N2. The van der Waals surface area contributed by atoms with E-state index in [9.17, 15) is 0 Å². The lowest BCUT2D eigenvalue weighted by Crippen LogP contribution is -2.32. The van der Waals surface area contributed by atoms with E-state index < -0.39 is 0 Å². The molecule has 0 spiro atoms. The standard InChI is InChI=1S/C18H22N2/c1-14(19-12-15-7-3-2-4-8-15)11-16-13-20-18-10-6-5-9-17(16)18/h2-7,9-10,13-15,19-20H,8,11-12H2,1H3/t14-,15?/m1/s1. The normalized spacial score (nSPS) is 19.6. The van der Waals surface area contributed by atoms with Crippen molar-refractivity contribution in [3.63, 3.8) is 0 Å². The maximum atomic E-state index is 3.66. The number of aromatic amines is 1. The summed E-state index contributed by atoms with van der Waals surface area (Å²) in [6.07, 6.45) is 13.2. The zero-order chi connectivity index (χ0) is 13.8. The van der Waals surface area contributed by atoms with Gasteiger partial charge in [0.2, 0.25) is 0 Å². The molecule has 3 rings (SSSR count). The molecule has 1 aliphatic rings. The Kier molecular flexibility index (Phi) is 4.03. The summed E-state index contributed by atoms with van der Waals surface area (Å²) < 4.78 is 0. The van der Waals surface area contributed by atoms with Gasteiger partial charge in [0.25, 0.3) is 0 Å². The van der Waals surface area contributed by atoms with E-state index in [-0.39, 0.29) is 0 Å². The molecule has 20 heavy (non-hydrogen) atoms. The number of allylic oxidation sites excluding steroid dienone is 3. The summed E-state index contributed by atoms with van der Waals surface area (Å²) in [6.45, 7) is 3.33. The van der Waals surface area contributed by atoms with Gasteiger partial charge < -0.3 is 10.3 Å². The molecule has 1 unspecified atom stereocenters. The van der Waals surface area contributed by atoms with Gasteiger partial charge in [0.15, 0.2) is 0 Å². The monoisotopic (exact) mass is 266 g/mol. The molecule has 0 saturated carbocycles. The average Bonchev–Trinajstić information content (AvgIpc) is 2.90. The highest BCUT2D eigenvalue weighted by molar-refractivity contribution is 5.83. The Bertz CT molecular complexity index is 621. The molecule has 2 nitrogen and oxygen atoms in total. The highest BCUT2D eigenvalue weighted by atomic mass is 14.9. The number of H-pyrrole nitrogens is 1. The molecule has 0 bridgehead atoms. The highest BCUT2D eigenvalue weighted by Crippen LogP contribution is 2.19. The zero-order valence-corrected chi connectivity index (χ0v) is 12.0. The molecule has 2 atom stereocenters. The van der Waals surface area contributed by atoms with Gasteiger partial charge in [0.05, 0.1) is 0 Å². The van der Waals surface area contributed by atoms with Gasteiger partial charge in [0, 0.05) is 29.7 Å². The van der Waals surface area contributed by atoms with Crippen LogP contribution in [-0.2, 0) is 6.42 Å². The first kappa shape index (κ1) is 13.2. The number of aromatic nitrogens is 1. The maximum absolute atomic E-state index is 3.66. The van der Waals surface area contributed by atoms with Gasteiger partial charge in [0.1, 0.15) is 0 Å². The van der Waals surface area contributed by atoms with Gasteiger partial charge in [-0.05, 0) is 37.3 Å². The number of para-hydroxylation sites is 1. The number of nitrogens with one attached hydrogen (secondary N) is 2. The van der Waals surface area contributed by atoms with Crippen LogP contribution in [0.2, 0.25) is 0 Å². The summed E-state index contributed by atoms with van der Waals surface area (Å²) in [5.74, 6) is 0.644. The van der Waals surface area contributed by atoms with Crippen LogP contribution in [0.3, 0.4) is 0 Å². The van der Waals surface area contributed by atoms with Crippen molar-refractivity contribution < 1.29 is 0 Å². The lowest BCUT2D eigenvalue weighted by atomic mass is 10.00. The molecule has 2 aromatic rings. The molecule has 1 aromatic heterocycles. The fourth-order valence-electron chi connectivity index (χ4n) is 2.84. The van der Waals surface area contributed by atoms with Crippen molar-refractivity contribution >= 4 is 10.9 Å². The number of hydrogen-bond acceptors (Lipinski definition) is 1. The number of fused-ring (bicyclic) bond motifs is 1. The largest absolute Gasteiger partial charge is 0.361 e. The molecule has 0 fully saturated rings. The second kappa shape index (κ2) is 6.10. The molecule has 0 saturated heterocycles. The molecule has 1 heterocycles. The molecule has 2 N–H and O–H groups in total. The van der Waals surface area contributed by atoms with Crippen LogP contribution in [0.5, 0.6) is 0 Å². The second-order valence-corrected chi connectivity index (χ2v) is 5.68. The van der Waals surface area contributed by atoms with Crippen molar-refractivity contribution in [3.8, 4) is 0 Å². The van der Waals surface area contributed by atoms with Crippen LogP contribution in [0.1, 0.15) is 18.9 Å². The Morgan fingerprint density at radius 3 is 3.05 bits per heavy atom. The summed E-state index contributed by atoms with van der Waals surface area (Å²) >= 11 is 0. The van der Waals surface area contributed by atoms with Crippen LogP contribution in [0.4, 0.5) is 0 Å². The van der Waals surface area contributed by atoms with E-state index in [0.29, 0.717) is 12.0 Å². The molecule has 2 heteroatoms. The molecule has 1 aliphatic carbocycles. The third-order valence-electron chi connectivity index (χ3n) is 4.00. The Balaban J connectivity index is 1.57. The lowest BCUT2D eigenvalue weighted by molar-refractivity contribution is 0.488. The minimum absolute atomic E-state index is 0.494. The second-order valence-electron chi connectivity index (χ2n) is 5.68. The number of hydrogen-bond donors (Lipinski definition) is 2. The fraction of sp³-hybridized carbons (Fsp3) is 0.333. The van der Waals surface area contributed by atoms with E-state index >= 15 is 0 Å². The highest BCUT2D eigenvalue weighted by Gasteiger charge is 2.10. The van der Waals surface area contributed by atoms with Gasteiger partial charge in [-0.25, -0.2) is 0 Å². The van der Waals surface area contributed by atoms with Crippen molar-refractivity contribution in [3.05, 3.63) is 60.3 Å². The predicted molar refractivity (Wildman–Crippen MR) is 85.9 cm³/mol. The van der Waals surface area contributed by atoms with Crippen molar-refractivity contribution in [1.82, 2.24) is 10.3 Å². The minimum atomic E-state index is 0.494. The first-order chi connectivity index (χ1) is 9.83. The summed E-state index contributed by atoms with van der Waals surface area (Å²) in [5, 5.41) is 5.01. The molecule has 0 aliphatic heterocycles. The number of benzene rings is 1. The molecule has 1 aromatic carbocycles. The zero-order valence-electron chi connectivity index (χ0n) is 12.0. The van der Waals surface area contributed by atoms with Crippen LogP contribution in [0, 0.1) is 5.92 Å². The quantitative estimate of drug-likeness (QED) is 0.846. The van der Waals surface area contributed by atoms with Crippen LogP contribution >= 0.6 is 0 Å². The maximum Gasteiger partial charge on any atom is 0.0456 e. The van der Waals surface area contributed by atoms with Gasteiger partial charge in [-0.1, -0.05) is 42.5 Å². The van der Waals surface area contributed by atoms with E-state index in [1.807, 2.05) is 0 Å². The topological polar surface area (TPSA) is 27.8 Å². The SMILES string of the molecule is C[C@H](Cc1c[nH]c2ccccc12)NCC1C=CC=CC1. The van der Waals surface area contributed by atoms with Crippen LogP contribution in [0.25, 0.3) is 10.9 Å².